The van der Waals surface area contributed by atoms with E-state index in [0.717, 1.165) is 0 Å². The molecule has 0 saturated heterocycles. The number of hydrogen-bond acceptors (Lipinski definition) is 7. The summed E-state index contributed by atoms with van der Waals surface area (Å²) in [5.41, 5.74) is -9.18. The SMILES string of the molecule is O=S(=O)(C(O)[C@@H](O)[C@H](O)[C@H](O)CO)C(F)(F)F. The molecule has 11 heteroatoms. The third-order valence-electron chi connectivity index (χ3n) is 1.86. The van der Waals surface area contributed by atoms with Gasteiger partial charge < -0.3 is 25.5 Å². The molecule has 7 nitrogen and oxygen atoms in total. The second-order valence-electron chi connectivity index (χ2n) is 3.11. The quantitative estimate of drug-likeness (QED) is 0.371. The third kappa shape index (κ3) is 3.50. The number of aliphatic hydroxyl groups is 5. The van der Waals surface area contributed by atoms with Gasteiger partial charge in [0.05, 0.1) is 6.61 Å². The second kappa shape index (κ2) is 5.46. The first-order chi connectivity index (χ1) is 7.46. The first kappa shape index (κ1) is 16.5. The molecule has 0 aromatic carbocycles. The van der Waals surface area contributed by atoms with E-state index in [0.29, 0.717) is 0 Å². The minimum atomic E-state index is -6.11. The van der Waals surface area contributed by atoms with Gasteiger partial charge in [-0.25, -0.2) is 8.42 Å². The van der Waals surface area contributed by atoms with E-state index in [2.05, 4.69) is 0 Å². The Kier molecular flexibility index (Phi) is 5.31. The minimum Gasteiger partial charge on any atom is -0.394 e. The summed E-state index contributed by atoms with van der Waals surface area (Å²) >= 11 is 0. The molecule has 0 saturated carbocycles. The van der Waals surface area contributed by atoms with E-state index in [1.54, 1.807) is 0 Å². The number of aliphatic hydroxyl groups excluding tert-OH is 5. The Morgan fingerprint density at radius 3 is 1.71 bits per heavy atom. The van der Waals surface area contributed by atoms with Crippen molar-refractivity contribution in [3.05, 3.63) is 0 Å². The lowest BCUT2D eigenvalue weighted by Gasteiger charge is -2.25. The van der Waals surface area contributed by atoms with Crippen molar-refractivity contribution in [2.45, 2.75) is 29.3 Å². The van der Waals surface area contributed by atoms with Crippen LogP contribution in [0.5, 0.6) is 0 Å². The first-order valence-corrected chi connectivity index (χ1v) is 5.64. The van der Waals surface area contributed by atoms with Crippen LogP contribution in [-0.4, -0.2) is 69.8 Å². The highest BCUT2D eigenvalue weighted by Crippen LogP contribution is 2.28. The normalized spacial score (nSPS) is 20.7. The summed E-state index contributed by atoms with van der Waals surface area (Å²) in [6, 6.07) is 0. The summed E-state index contributed by atoms with van der Waals surface area (Å²) in [6.07, 6.45) is -7.36. The van der Waals surface area contributed by atoms with Gasteiger partial charge in [-0.1, -0.05) is 0 Å². The Balaban J connectivity index is 5.02. The van der Waals surface area contributed by atoms with Crippen LogP contribution in [0.4, 0.5) is 13.2 Å². The molecule has 0 bridgehead atoms. The Morgan fingerprint density at radius 1 is 1.00 bits per heavy atom. The van der Waals surface area contributed by atoms with Crippen LogP contribution in [0.1, 0.15) is 0 Å². The predicted octanol–water partition coefficient (Wildman–Crippen LogP) is -2.69. The van der Waals surface area contributed by atoms with Gasteiger partial charge in [0, 0.05) is 0 Å². The highest BCUT2D eigenvalue weighted by atomic mass is 32.2. The lowest BCUT2D eigenvalue weighted by atomic mass is 10.1. The van der Waals surface area contributed by atoms with Gasteiger partial charge in [-0.05, 0) is 0 Å². The number of rotatable bonds is 5. The maximum absolute atomic E-state index is 11.9. The second-order valence-corrected chi connectivity index (χ2v) is 5.15. The molecule has 0 fully saturated rings. The van der Waals surface area contributed by atoms with E-state index >= 15 is 0 Å². The van der Waals surface area contributed by atoms with Crippen LogP contribution in [0.3, 0.4) is 0 Å². The van der Waals surface area contributed by atoms with Gasteiger partial charge in [0.1, 0.15) is 18.3 Å². The highest BCUT2D eigenvalue weighted by Gasteiger charge is 2.54. The highest BCUT2D eigenvalue weighted by molar-refractivity contribution is 7.92. The largest absolute Gasteiger partial charge is 0.500 e. The Morgan fingerprint density at radius 2 is 1.41 bits per heavy atom. The van der Waals surface area contributed by atoms with Gasteiger partial charge in [-0.3, -0.25) is 0 Å². The molecule has 0 rings (SSSR count). The molecule has 17 heavy (non-hydrogen) atoms. The molecule has 0 amide bonds. The zero-order valence-electron chi connectivity index (χ0n) is 8.11. The Labute approximate surface area is 93.7 Å². The maximum atomic E-state index is 11.9. The maximum Gasteiger partial charge on any atom is 0.500 e. The molecular weight excluding hydrogens is 273 g/mol. The van der Waals surface area contributed by atoms with Crippen LogP contribution in [0.15, 0.2) is 0 Å². The van der Waals surface area contributed by atoms with E-state index in [-0.39, 0.29) is 0 Å². The molecule has 104 valence electrons. The smallest absolute Gasteiger partial charge is 0.394 e. The van der Waals surface area contributed by atoms with Crippen LogP contribution >= 0.6 is 0 Å². The molecule has 4 atom stereocenters. The molecule has 1 unspecified atom stereocenters. The summed E-state index contributed by atoms with van der Waals surface area (Å²) < 4.78 is 57.1. The van der Waals surface area contributed by atoms with Gasteiger partial charge in [-0.15, -0.1) is 0 Å². The first-order valence-electron chi connectivity index (χ1n) is 4.10. The van der Waals surface area contributed by atoms with Gasteiger partial charge in [0.25, 0.3) is 9.84 Å². The predicted molar refractivity (Wildman–Crippen MR) is 46.1 cm³/mol. The fourth-order valence-electron chi connectivity index (χ4n) is 0.825. The fraction of sp³-hybridized carbons (Fsp3) is 1.00. The average molecular weight is 284 g/mol. The standard InChI is InChI=1S/C6H11F3O7S/c7-6(8,9)17(15,16)5(14)4(13)3(12)2(11)1-10/h2-5,10-14H,1H2/t2-,3-,4+,5?/m1/s1. The summed E-state index contributed by atoms with van der Waals surface area (Å²) in [5.74, 6) is 0. The van der Waals surface area contributed by atoms with Gasteiger partial charge in [0.15, 0.2) is 5.44 Å². The third-order valence-corrected chi connectivity index (χ3v) is 3.42. The van der Waals surface area contributed by atoms with Crippen LogP contribution in [0, 0.1) is 0 Å². The van der Waals surface area contributed by atoms with Gasteiger partial charge in [-0.2, -0.15) is 13.2 Å². The number of halogens is 3. The lowest BCUT2D eigenvalue weighted by molar-refractivity contribution is -0.104. The lowest BCUT2D eigenvalue weighted by Crippen LogP contribution is -2.51. The topological polar surface area (TPSA) is 135 Å². The molecule has 0 heterocycles. The van der Waals surface area contributed by atoms with Crippen molar-refractivity contribution in [3.63, 3.8) is 0 Å². The van der Waals surface area contributed by atoms with Crippen LogP contribution in [-0.2, 0) is 9.84 Å². The molecule has 0 aromatic heterocycles. The van der Waals surface area contributed by atoms with E-state index in [1.165, 1.54) is 0 Å². The minimum absolute atomic E-state index is 1.14. The van der Waals surface area contributed by atoms with Crippen molar-refractivity contribution in [2.24, 2.45) is 0 Å². The van der Waals surface area contributed by atoms with Crippen molar-refractivity contribution in [1.82, 2.24) is 0 Å². The zero-order chi connectivity index (χ0) is 14.0. The van der Waals surface area contributed by atoms with E-state index in [9.17, 15) is 21.6 Å². The number of hydrogen-bond donors (Lipinski definition) is 5. The average Bonchev–Trinajstić information content (AvgIpc) is 2.23. The number of alkyl halides is 3. The van der Waals surface area contributed by atoms with Gasteiger partial charge in [0.2, 0.25) is 0 Å². The summed E-state index contributed by atoms with van der Waals surface area (Å²) in [7, 11) is -6.11. The van der Waals surface area contributed by atoms with Crippen molar-refractivity contribution < 1.29 is 47.1 Å². The van der Waals surface area contributed by atoms with E-state index < -0.39 is 45.7 Å². The molecule has 0 aliphatic heterocycles. The molecule has 0 radical (unpaired) electrons. The monoisotopic (exact) mass is 284 g/mol. The van der Waals surface area contributed by atoms with Crippen LogP contribution in [0.25, 0.3) is 0 Å². The van der Waals surface area contributed by atoms with Crippen molar-refractivity contribution >= 4 is 9.84 Å². The van der Waals surface area contributed by atoms with E-state index in [4.69, 9.17) is 25.5 Å². The fourth-order valence-corrected chi connectivity index (χ4v) is 1.63. The summed E-state index contributed by atoms with van der Waals surface area (Å²) in [5, 5.41) is 43.7. The van der Waals surface area contributed by atoms with Crippen LogP contribution in [0.2, 0.25) is 0 Å². The molecular formula is C6H11F3O7S. The van der Waals surface area contributed by atoms with Crippen molar-refractivity contribution in [1.29, 1.82) is 0 Å². The van der Waals surface area contributed by atoms with Crippen molar-refractivity contribution in [2.75, 3.05) is 6.61 Å². The summed E-state index contributed by atoms with van der Waals surface area (Å²) in [6.45, 7) is -1.14. The summed E-state index contributed by atoms with van der Waals surface area (Å²) in [4.78, 5) is 0. The molecule has 0 aliphatic rings. The van der Waals surface area contributed by atoms with Crippen molar-refractivity contribution in [3.8, 4) is 0 Å². The number of sulfone groups is 1. The molecule has 0 aliphatic carbocycles. The molecule has 5 N–H and O–H groups in total. The van der Waals surface area contributed by atoms with E-state index in [1.807, 2.05) is 0 Å². The molecule has 0 aromatic rings. The van der Waals surface area contributed by atoms with Gasteiger partial charge >= 0.3 is 5.51 Å². The molecule has 0 spiro atoms. The zero-order valence-corrected chi connectivity index (χ0v) is 8.93. The Hall–Kier alpha value is -0.460. The Bertz CT molecular complexity index is 340. The van der Waals surface area contributed by atoms with Crippen LogP contribution < -0.4 is 0 Å².